The van der Waals surface area contributed by atoms with Gasteiger partial charge in [0.05, 0.1) is 6.04 Å². The van der Waals surface area contributed by atoms with Crippen LogP contribution in [-0.2, 0) is 11.4 Å². The molecule has 1 aromatic rings. The van der Waals surface area contributed by atoms with Gasteiger partial charge in [0, 0.05) is 16.2 Å². The van der Waals surface area contributed by atoms with Crippen LogP contribution in [0, 0.1) is 5.92 Å². The largest absolute Gasteiger partial charge is 0.598 e. The van der Waals surface area contributed by atoms with Crippen LogP contribution in [0.2, 0.25) is 0 Å². The molecule has 0 amide bonds. The van der Waals surface area contributed by atoms with Gasteiger partial charge in [-0.05, 0) is 38.1 Å². The highest BCUT2D eigenvalue weighted by Gasteiger charge is 2.31. The molecular formula is C12H21NOS2. The smallest absolute Gasteiger partial charge is 0.136 e. The van der Waals surface area contributed by atoms with E-state index in [0.717, 1.165) is 0 Å². The van der Waals surface area contributed by atoms with Crippen LogP contribution < -0.4 is 4.72 Å². The Kier molecular flexibility index (Phi) is 4.86. The first-order chi connectivity index (χ1) is 7.32. The zero-order chi connectivity index (χ0) is 12.3. The molecule has 0 aliphatic carbocycles. The summed E-state index contributed by atoms with van der Waals surface area (Å²) in [6.07, 6.45) is 0. The molecule has 1 unspecified atom stereocenters. The fraction of sp³-hybridized carbons (Fsp3) is 0.667. The van der Waals surface area contributed by atoms with Gasteiger partial charge in [0.15, 0.2) is 0 Å². The molecule has 0 aliphatic rings. The summed E-state index contributed by atoms with van der Waals surface area (Å²) in [5.41, 5.74) is 0. The van der Waals surface area contributed by atoms with Crippen molar-refractivity contribution in [3.05, 3.63) is 22.4 Å². The highest BCUT2D eigenvalue weighted by atomic mass is 32.2. The lowest BCUT2D eigenvalue weighted by Crippen LogP contribution is -2.42. The van der Waals surface area contributed by atoms with Gasteiger partial charge in [-0.2, -0.15) is 0 Å². The fourth-order valence-electron chi connectivity index (χ4n) is 1.28. The van der Waals surface area contributed by atoms with Gasteiger partial charge in [-0.25, -0.2) is 0 Å². The maximum Gasteiger partial charge on any atom is 0.136 e. The first-order valence-electron chi connectivity index (χ1n) is 5.54. The summed E-state index contributed by atoms with van der Waals surface area (Å²) in [7, 11) is 0. The van der Waals surface area contributed by atoms with Gasteiger partial charge in [0.2, 0.25) is 0 Å². The second-order valence-corrected chi connectivity index (χ2v) is 8.21. The topological polar surface area (TPSA) is 35.1 Å². The summed E-state index contributed by atoms with van der Waals surface area (Å²) in [5.74, 6) is 0.435. The average Bonchev–Trinajstić information content (AvgIpc) is 2.63. The van der Waals surface area contributed by atoms with Gasteiger partial charge in [0.25, 0.3) is 0 Å². The van der Waals surface area contributed by atoms with Gasteiger partial charge in [0.1, 0.15) is 4.75 Å². The molecule has 1 heterocycles. The van der Waals surface area contributed by atoms with E-state index in [4.69, 9.17) is 0 Å². The van der Waals surface area contributed by atoms with Crippen molar-refractivity contribution >= 4 is 22.7 Å². The lowest BCUT2D eigenvalue weighted by molar-refractivity contribution is 0.457. The molecule has 0 saturated heterocycles. The molecule has 1 N–H and O–H groups in total. The second kappa shape index (κ2) is 5.54. The Balaban J connectivity index is 2.74. The van der Waals surface area contributed by atoms with Crippen molar-refractivity contribution in [3.63, 3.8) is 0 Å². The third kappa shape index (κ3) is 3.77. The van der Waals surface area contributed by atoms with Crippen molar-refractivity contribution in [2.45, 2.75) is 45.4 Å². The molecule has 1 rings (SSSR count). The SMILES string of the molecule is CC(C)[C@H](N[S+]([O-])C(C)(C)C)c1cccs1. The summed E-state index contributed by atoms with van der Waals surface area (Å²) in [6, 6.07) is 4.32. The van der Waals surface area contributed by atoms with Crippen molar-refractivity contribution in [1.82, 2.24) is 4.72 Å². The third-order valence-corrected chi connectivity index (χ3v) is 4.84. The molecule has 0 saturated carbocycles. The quantitative estimate of drug-likeness (QED) is 0.840. The van der Waals surface area contributed by atoms with Crippen molar-refractivity contribution in [2.24, 2.45) is 5.92 Å². The van der Waals surface area contributed by atoms with E-state index in [1.165, 1.54) is 4.88 Å². The van der Waals surface area contributed by atoms with E-state index >= 15 is 0 Å². The third-order valence-electron chi connectivity index (χ3n) is 2.31. The summed E-state index contributed by atoms with van der Waals surface area (Å²) in [6.45, 7) is 10.3. The molecule has 0 spiro atoms. The second-order valence-electron chi connectivity index (χ2n) is 5.24. The highest BCUT2D eigenvalue weighted by molar-refractivity contribution is 7.90. The summed E-state index contributed by atoms with van der Waals surface area (Å²) in [4.78, 5) is 1.26. The monoisotopic (exact) mass is 259 g/mol. The molecule has 0 aliphatic heterocycles. The highest BCUT2D eigenvalue weighted by Crippen LogP contribution is 2.28. The lowest BCUT2D eigenvalue weighted by Gasteiger charge is -2.29. The minimum atomic E-state index is -1.02. The molecule has 0 fully saturated rings. The average molecular weight is 259 g/mol. The molecule has 0 bridgehead atoms. The number of hydrogen-bond acceptors (Lipinski definition) is 3. The van der Waals surface area contributed by atoms with Crippen LogP contribution in [0.15, 0.2) is 17.5 Å². The standard InChI is InChI=1S/C12H21NOS2/c1-9(2)11(10-7-6-8-15-10)13-16(14)12(3,4)5/h6-9,11,13H,1-5H3/t11-,16?/m0/s1. The molecule has 92 valence electrons. The van der Waals surface area contributed by atoms with E-state index in [0.29, 0.717) is 5.92 Å². The van der Waals surface area contributed by atoms with E-state index in [1.807, 2.05) is 26.8 Å². The Hall–Kier alpha value is -0.0300. The molecule has 4 heteroatoms. The van der Waals surface area contributed by atoms with Crippen LogP contribution in [0.4, 0.5) is 0 Å². The van der Waals surface area contributed by atoms with Gasteiger partial charge < -0.3 is 4.55 Å². The van der Waals surface area contributed by atoms with E-state index in [9.17, 15) is 4.55 Å². The van der Waals surface area contributed by atoms with Crippen molar-refractivity contribution < 1.29 is 4.55 Å². The minimum Gasteiger partial charge on any atom is -0.598 e. The van der Waals surface area contributed by atoms with E-state index in [1.54, 1.807) is 11.3 Å². The van der Waals surface area contributed by atoms with Crippen molar-refractivity contribution in [3.8, 4) is 0 Å². The van der Waals surface area contributed by atoms with Crippen LogP contribution in [0.3, 0.4) is 0 Å². The van der Waals surface area contributed by atoms with Crippen LogP contribution in [-0.4, -0.2) is 9.30 Å². The number of rotatable bonds is 4. The molecule has 1 aromatic heterocycles. The van der Waals surface area contributed by atoms with Crippen molar-refractivity contribution in [2.75, 3.05) is 0 Å². The number of thiophene rings is 1. The molecule has 16 heavy (non-hydrogen) atoms. The number of hydrogen-bond donors (Lipinski definition) is 1. The molecular weight excluding hydrogens is 238 g/mol. The maximum atomic E-state index is 12.1. The number of nitrogens with one attached hydrogen (secondary N) is 1. The van der Waals surface area contributed by atoms with Crippen molar-refractivity contribution in [1.29, 1.82) is 0 Å². The Morgan fingerprint density at radius 3 is 2.38 bits per heavy atom. The Labute approximate surface area is 106 Å². The summed E-state index contributed by atoms with van der Waals surface area (Å²) >= 11 is 0.699. The van der Waals surface area contributed by atoms with E-state index < -0.39 is 11.4 Å². The summed E-state index contributed by atoms with van der Waals surface area (Å²) in [5, 5.41) is 2.06. The maximum absolute atomic E-state index is 12.1. The van der Waals surface area contributed by atoms with Gasteiger partial charge in [-0.15, -0.1) is 16.1 Å². The van der Waals surface area contributed by atoms with Crippen LogP contribution >= 0.6 is 11.3 Å². The zero-order valence-electron chi connectivity index (χ0n) is 10.6. The van der Waals surface area contributed by atoms with Gasteiger partial charge in [-0.1, -0.05) is 19.9 Å². The first kappa shape index (κ1) is 14.0. The minimum absolute atomic E-state index is 0.181. The molecule has 0 radical (unpaired) electrons. The Morgan fingerprint density at radius 1 is 1.38 bits per heavy atom. The Morgan fingerprint density at radius 2 is 2.00 bits per heavy atom. The first-order valence-corrected chi connectivity index (χ1v) is 7.56. The van der Waals surface area contributed by atoms with Gasteiger partial charge >= 0.3 is 0 Å². The molecule has 2 nitrogen and oxygen atoms in total. The molecule has 0 aromatic carbocycles. The molecule has 2 atom stereocenters. The van der Waals surface area contributed by atoms with Crippen LogP contribution in [0.1, 0.15) is 45.5 Å². The predicted octanol–water partition coefficient (Wildman–Crippen LogP) is 3.50. The zero-order valence-corrected chi connectivity index (χ0v) is 12.2. The van der Waals surface area contributed by atoms with Gasteiger partial charge in [-0.3, -0.25) is 0 Å². The van der Waals surface area contributed by atoms with Crippen LogP contribution in [0.25, 0.3) is 0 Å². The normalized spacial score (nSPS) is 16.4. The fourth-order valence-corrected chi connectivity index (χ4v) is 3.29. The predicted molar refractivity (Wildman–Crippen MR) is 72.9 cm³/mol. The van der Waals surface area contributed by atoms with Crippen LogP contribution in [0.5, 0.6) is 0 Å². The Bertz CT molecular complexity index is 303. The summed E-state index contributed by atoms with van der Waals surface area (Å²) < 4.78 is 15.1. The van der Waals surface area contributed by atoms with E-state index in [2.05, 4.69) is 30.0 Å². The van der Waals surface area contributed by atoms with E-state index in [-0.39, 0.29) is 10.8 Å². The lowest BCUT2D eigenvalue weighted by atomic mass is 10.0.